The molecule has 58 heavy (non-hydrogen) atoms. The van der Waals surface area contributed by atoms with Crippen molar-refractivity contribution in [1.82, 2.24) is 4.98 Å². The Hall–Kier alpha value is -5.76. The first-order valence-corrected chi connectivity index (χ1v) is 17.3. The van der Waals surface area contributed by atoms with Gasteiger partial charge in [-0.2, -0.15) is 0 Å². The van der Waals surface area contributed by atoms with E-state index in [4.69, 9.17) is 75.9 Å². The number of carboxylic acid groups (broad SMARTS) is 7. The zero-order valence-electron chi connectivity index (χ0n) is 32.6. The molecular formula is C34H61N9O15. The van der Waals surface area contributed by atoms with E-state index in [1.165, 1.54) is 6.92 Å². The summed E-state index contributed by atoms with van der Waals surface area (Å²) in [6.07, 6.45) is 4.29. The number of carboxylic acids is 7. The minimum absolute atomic E-state index is 0.0718. The Labute approximate surface area is 333 Å². The Balaban J connectivity index is -0.000000309. The molecule has 1 aromatic carbocycles. The average Bonchev–Trinajstić information content (AvgIpc) is 3.54. The molecule has 2 rings (SSSR count). The van der Waals surface area contributed by atoms with Gasteiger partial charge in [-0.3, -0.25) is 38.4 Å². The number of aromatic nitrogens is 1. The van der Waals surface area contributed by atoms with Gasteiger partial charge in [0.2, 0.25) is 5.91 Å². The summed E-state index contributed by atoms with van der Waals surface area (Å²) in [4.78, 5) is 83.1. The van der Waals surface area contributed by atoms with Crippen molar-refractivity contribution in [3.63, 3.8) is 0 Å². The maximum absolute atomic E-state index is 10.6. The number of primary amides is 1. The van der Waals surface area contributed by atoms with Crippen molar-refractivity contribution in [2.45, 2.75) is 102 Å². The molecule has 24 heteroatoms. The van der Waals surface area contributed by atoms with Gasteiger partial charge in [0.25, 0.3) is 0 Å². The number of nitrogens with one attached hydrogen (secondary N) is 1. The number of H-pyrrole nitrogens is 1. The topological polar surface area (TPSA) is 502 Å². The molecule has 0 saturated carbocycles. The summed E-state index contributed by atoms with van der Waals surface area (Å²) in [5.41, 5.74) is 42.4. The van der Waals surface area contributed by atoms with Crippen LogP contribution in [0.25, 0.3) is 10.9 Å². The fraction of sp³-hybridized carbons (Fsp3) is 0.529. The first kappa shape index (κ1) is 58.9. The molecule has 0 aliphatic rings. The lowest BCUT2D eigenvalue weighted by Gasteiger charge is -2.11. The summed E-state index contributed by atoms with van der Waals surface area (Å²) in [5, 5.41) is 58.4. The highest BCUT2D eigenvalue weighted by Gasteiger charge is 2.18. The number of aromatic amines is 1. The lowest BCUT2D eigenvalue weighted by Crippen LogP contribution is -2.36. The molecule has 1 aromatic heterocycles. The second-order valence-corrected chi connectivity index (χ2v) is 12.3. The number of amides is 1. The molecule has 1 amide bonds. The fourth-order valence-corrected chi connectivity index (χ4v) is 3.33. The maximum Gasteiger partial charge on any atom is 0.321 e. The third kappa shape index (κ3) is 32.5. The van der Waals surface area contributed by atoms with Gasteiger partial charge in [0.1, 0.15) is 36.3 Å². The van der Waals surface area contributed by atoms with Crippen LogP contribution in [-0.2, 0) is 44.8 Å². The van der Waals surface area contributed by atoms with Crippen molar-refractivity contribution in [2.75, 3.05) is 6.54 Å². The number of para-hydroxylation sites is 1. The average molecular weight is 836 g/mol. The summed E-state index contributed by atoms with van der Waals surface area (Å²) in [6, 6.07) is 2.31. The van der Waals surface area contributed by atoms with Crippen molar-refractivity contribution >= 4 is 58.6 Å². The van der Waals surface area contributed by atoms with Crippen LogP contribution in [0.2, 0.25) is 0 Å². The van der Waals surface area contributed by atoms with Gasteiger partial charge in [-0.25, -0.2) is 0 Å². The lowest BCUT2D eigenvalue weighted by atomic mass is 10.0. The molecule has 332 valence electrons. The number of aliphatic carboxylic acids is 7. The minimum atomic E-state index is -1.29. The van der Waals surface area contributed by atoms with Gasteiger partial charge in [0, 0.05) is 23.5 Å². The molecule has 0 saturated heterocycles. The van der Waals surface area contributed by atoms with E-state index < -0.39 is 90.4 Å². The number of rotatable bonds is 18. The number of hydrogen-bond donors (Lipinski definition) is 16. The summed E-state index contributed by atoms with van der Waals surface area (Å²) >= 11 is 0. The third-order valence-corrected chi connectivity index (χ3v) is 7.10. The summed E-state index contributed by atoms with van der Waals surface area (Å²) < 4.78 is 0. The number of unbranched alkanes of at least 4 members (excludes halogenated alkanes) is 1. The SMILES string of the molecule is CC(N)C(=O)O.CCC(C)C(N)C(=O)O.NC(=O)CC(N)C(=O)O.NC(CC(=O)O)C(=O)O.NC(Cc1c[nH]c2ccccc12)C(=O)O.NCCCCC(N)C(=O)O. The van der Waals surface area contributed by atoms with Gasteiger partial charge >= 0.3 is 41.8 Å². The number of nitrogens with two attached hydrogens (primary N) is 8. The van der Waals surface area contributed by atoms with E-state index in [1.54, 1.807) is 0 Å². The third-order valence-electron chi connectivity index (χ3n) is 7.10. The smallest absolute Gasteiger partial charge is 0.321 e. The van der Waals surface area contributed by atoms with Gasteiger partial charge < -0.3 is 86.6 Å². The molecule has 7 atom stereocenters. The Morgan fingerprint density at radius 1 is 0.638 bits per heavy atom. The fourth-order valence-electron chi connectivity index (χ4n) is 3.33. The van der Waals surface area contributed by atoms with Gasteiger partial charge in [0.05, 0.1) is 12.8 Å². The molecule has 7 unspecified atom stereocenters. The zero-order valence-corrected chi connectivity index (χ0v) is 32.6. The van der Waals surface area contributed by atoms with Crippen molar-refractivity contribution in [2.24, 2.45) is 51.8 Å². The van der Waals surface area contributed by atoms with Crippen molar-refractivity contribution in [3.8, 4) is 0 Å². The van der Waals surface area contributed by atoms with Gasteiger partial charge in [-0.1, -0.05) is 44.9 Å². The first-order valence-electron chi connectivity index (χ1n) is 17.3. The molecule has 24 N–H and O–H groups in total. The first-order chi connectivity index (χ1) is 26.7. The largest absolute Gasteiger partial charge is 0.481 e. The summed E-state index contributed by atoms with van der Waals surface area (Å²) in [7, 11) is 0. The number of hydrogen-bond acceptors (Lipinski definition) is 15. The maximum atomic E-state index is 10.6. The number of benzene rings is 1. The van der Waals surface area contributed by atoms with Crippen molar-refractivity contribution < 1.29 is 74.1 Å². The molecule has 0 spiro atoms. The molecule has 0 aliphatic heterocycles. The predicted molar refractivity (Wildman–Crippen MR) is 210 cm³/mol. The monoisotopic (exact) mass is 835 g/mol. The Bertz CT molecular complexity index is 1520. The van der Waals surface area contributed by atoms with Gasteiger partial charge in [-0.05, 0) is 43.9 Å². The van der Waals surface area contributed by atoms with Crippen LogP contribution in [0.5, 0.6) is 0 Å². The van der Waals surface area contributed by atoms with E-state index >= 15 is 0 Å². The number of carbonyl (C=O) groups excluding carboxylic acids is 1. The van der Waals surface area contributed by atoms with Crippen LogP contribution < -0.4 is 45.9 Å². The van der Waals surface area contributed by atoms with Crippen LogP contribution in [-0.4, -0.2) is 131 Å². The number of carbonyl (C=O) groups is 8. The summed E-state index contributed by atoms with van der Waals surface area (Å²) in [6.45, 7) is 5.78. The lowest BCUT2D eigenvalue weighted by molar-refractivity contribution is -0.144. The Morgan fingerprint density at radius 2 is 1.09 bits per heavy atom. The van der Waals surface area contributed by atoms with Gasteiger partial charge in [-0.15, -0.1) is 0 Å². The highest BCUT2D eigenvalue weighted by atomic mass is 16.4. The molecule has 1 heterocycles. The highest BCUT2D eigenvalue weighted by Crippen LogP contribution is 2.18. The number of fused-ring (bicyclic) bond motifs is 1. The molecule has 2 aromatic rings. The van der Waals surface area contributed by atoms with Crippen LogP contribution in [0.15, 0.2) is 30.5 Å². The summed E-state index contributed by atoms with van der Waals surface area (Å²) in [5.74, 6) is -8.12. The molecule has 24 nitrogen and oxygen atoms in total. The quantitative estimate of drug-likeness (QED) is 0.0699. The van der Waals surface area contributed by atoms with E-state index in [0.29, 0.717) is 19.4 Å². The van der Waals surface area contributed by atoms with Crippen LogP contribution in [0.1, 0.15) is 64.9 Å². The minimum Gasteiger partial charge on any atom is -0.481 e. The van der Waals surface area contributed by atoms with Crippen LogP contribution in [0.3, 0.4) is 0 Å². The second kappa shape index (κ2) is 33.4. The van der Waals surface area contributed by atoms with Crippen molar-refractivity contribution in [3.05, 3.63) is 36.0 Å². The predicted octanol–water partition coefficient (Wildman–Crippen LogP) is -2.34. The molecular weight excluding hydrogens is 774 g/mol. The van der Waals surface area contributed by atoms with E-state index in [0.717, 1.165) is 35.7 Å². The van der Waals surface area contributed by atoms with Crippen LogP contribution >= 0.6 is 0 Å². The van der Waals surface area contributed by atoms with Crippen molar-refractivity contribution in [1.29, 1.82) is 0 Å². The van der Waals surface area contributed by atoms with E-state index in [9.17, 15) is 38.4 Å². The van der Waals surface area contributed by atoms with Crippen LogP contribution in [0, 0.1) is 5.92 Å². The highest BCUT2D eigenvalue weighted by molar-refractivity contribution is 5.84. The van der Waals surface area contributed by atoms with E-state index in [-0.39, 0.29) is 12.3 Å². The second-order valence-electron chi connectivity index (χ2n) is 12.3. The van der Waals surface area contributed by atoms with Crippen LogP contribution in [0.4, 0.5) is 0 Å². The molecule has 0 radical (unpaired) electrons. The Kier molecular flexibility index (Phi) is 33.9. The van der Waals surface area contributed by atoms with Gasteiger partial charge in [0.15, 0.2) is 0 Å². The molecule has 0 aliphatic carbocycles. The standard InChI is InChI=1S/C11H12N2O2.C6H14N2O2.C6H13NO2.C4H8N2O3.C4H7NO4.C3H7NO2/c12-9(11(14)15)5-7-6-13-10-4-2-1-3-8(7)10;7-4-2-1-3-5(8)6(9)10;1-3-4(2)5(7)6(8)9;2*5-2(4(8)9)1-3(6)7;1-2(4)3(5)6/h1-4,6,9,13H,5,12H2,(H,14,15);5H,1-4,7-8H2,(H,9,10);4-5H,3,7H2,1-2H3,(H,8,9);2H,1,5H2,(H2,6,7)(H,8,9);2H,1,5H2,(H,6,7)(H,8,9);2H,4H2,1H3,(H,5,6). The van der Waals surface area contributed by atoms with E-state index in [1.807, 2.05) is 44.3 Å². The molecule has 0 fully saturated rings. The van der Waals surface area contributed by atoms with E-state index in [2.05, 4.69) is 10.7 Å². The Morgan fingerprint density at radius 3 is 1.40 bits per heavy atom. The molecule has 0 bridgehead atoms. The zero-order chi connectivity index (χ0) is 46.3. The normalized spacial score (nSPS) is 13.5.